The third-order valence-corrected chi connectivity index (χ3v) is 5.48. The van der Waals surface area contributed by atoms with Crippen LogP contribution < -0.4 is 5.32 Å². The van der Waals surface area contributed by atoms with Gasteiger partial charge in [-0.15, -0.1) is 21.5 Å². The number of carbonyl (C=O) groups excluding carboxylic acids is 1. The molecule has 1 saturated heterocycles. The highest BCUT2D eigenvalue weighted by atomic mass is 32.2. The number of thiophene rings is 1. The smallest absolute Gasteiger partial charge is 0.230 e. The van der Waals surface area contributed by atoms with Crippen molar-refractivity contribution in [1.82, 2.24) is 20.1 Å². The van der Waals surface area contributed by atoms with Crippen molar-refractivity contribution in [2.75, 3.05) is 12.4 Å². The molecule has 0 bridgehead atoms. The molecule has 0 saturated carbocycles. The lowest BCUT2D eigenvalue weighted by Gasteiger charge is -2.14. The van der Waals surface area contributed by atoms with Crippen LogP contribution in [-0.2, 0) is 16.1 Å². The van der Waals surface area contributed by atoms with E-state index in [0.717, 1.165) is 41.9 Å². The highest BCUT2D eigenvalue weighted by Crippen LogP contribution is 2.28. The number of carbonyl (C=O) groups is 1. The van der Waals surface area contributed by atoms with Gasteiger partial charge >= 0.3 is 0 Å². The second kappa shape index (κ2) is 8.13. The van der Waals surface area contributed by atoms with E-state index in [1.807, 2.05) is 31.4 Å². The van der Waals surface area contributed by atoms with Crippen LogP contribution in [-0.4, -0.2) is 45.2 Å². The summed E-state index contributed by atoms with van der Waals surface area (Å²) in [6.45, 7) is 5.46. The zero-order valence-corrected chi connectivity index (χ0v) is 15.5. The molecule has 3 heterocycles. The van der Waals surface area contributed by atoms with Crippen molar-refractivity contribution in [3.63, 3.8) is 0 Å². The maximum absolute atomic E-state index is 11.9. The Balaban J connectivity index is 1.76. The highest BCUT2D eigenvalue weighted by Gasteiger charge is 2.22. The number of rotatable bonds is 7. The van der Waals surface area contributed by atoms with Gasteiger partial charge in [0.25, 0.3) is 0 Å². The van der Waals surface area contributed by atoms with Gasteiger partial charge in [0, 0.05) is 12.6 Å². The van der Waals surface area contributed by atoms with Crippen molar-refractivity contribution in [3.8, 4) is 10.7 Å². The van der Waals surface area contributed by atoms with Gasteiger partial charge in [-0.25, -0.2) is 0 Å². The van der Waals surface area contributed by atoms with E-state index in [9.17, 15) is 4.79 Å². The average Bonchev–Trinajstić information content (AvgIpc) is 3.27. The zero-order chi connectivity index (χ0) is 16.9. The molecule has 3 rings (SSSR count). The van der Waals surface area contributed by atoms with Crippen LogP contribution in [0, 0.1) is 0 Å². The summed E-state index contributed by atoms with van der Waals surface area (Å²) < 4.78 is 7.86. The van der Waals surface area contributed by atoms with E-state index in [1.54, 1.807) is 11.3 Å². The summed E-state index contributed by atoms with van der Waals surface area (Å²) in [5, 5.41) is 14.4. The molecule has 0 radical (unpaired) electrons. The first-order valence-electron chi connectivity index (χ1n) is 8.14. The highest BCUT2D eigenvalue weighted by molar-refractivity contribution is 7.99. The number of nitrogens with one attached hydrogen (secondary N) is 1. The minimum atomic E-state index is 0.0133. The molecule has 1 fully saturated rings. The molecule has 1 amide bonds. The first kappa shape index (κ1) is 17.4. The first-order chi connectivity index (χ1) is 11.6. The summed E-state index contributed by atoms with van der Waals surface area (Å²) in [4.78, 5) is 13.0. The van der Waals surface area contributed by atoms with E-state index in [1.165, 1.54) is 11.8 Å². The van der Waals surface area contributed by atoms with Gasteiger partial charge < -0.3 is 10.1 Å². The van der Waals surface area contributed by atoms with Crippen LogP contribution in [0.3, 0.4) is 0 Å². The predicted octanol–water partition coefficient (Wildman–Crippen LogP) is 2.80. The normalized spacial score (nSPS) is 17.5. The molecule has 0 spiro atoms. The van der Waals surface area contributed by atoms with E-state index in [0.29, 0.717) is 5.75 Å². The van der Waals surface area contributed by atoms with Gasteiger partial charge in [0.15, 0.2) is 11.0 Å². The third-order valence-electron chi connectivity index (χ3n) is 3.65. The van der Waals surface area contributed by atoms with Gasteiger partial charge in [-0.05, 0) is 38.1 Å². The summed E-state index contributed by atoms with van der Waals surface area (Å²) in [6.07, 6.45) is 2.35. The topological polar surface area (TPSA) is 69.0 Å². The minimum absolute atomic E-state index is 0.0133. The molecule has 1 aliphatic heterocycles. The van der Waals surface area contributed by atoms with Crippen LogP contribution >= 0.6 is 23.1 Å². The van der Waals surface area contributed by atoms with Crippen LogP contribution in [0.5, 0.6) is 0 Å². The summed E-state index contributed by atoms with van der Waals surface area (Å²) >= 11 is 3.07. The van der Waals surface area contributed by atoms with E-state index < -0.39 is 0 Å². The molecule has 2 aromatic rings. The second-order valence-corrected chi connectivity index (χ2v) is 7.93. The Bertz CT molecular complexity index is 664. The average molecular weight is 367 g/mol. The standard InChI is InChI=1S/C16H22N4O2S2/c1-11(2)17-14(21)10-24-16-19-18-15(13-6-4-8-23-13)20(16)9-12-5-3-7-22-12/h4,6,8,11-12H,3,5,7,9-10H2,1-2H3,(H,17,21). The van der Waals surface area contributed by atoms with E-state index in [2.05, 4.69) is 20.1 Å². The Morgan fingerprint density at radius 2 is 2.42 bits per heavy atom. The lowest BCUT2D eigenvalue weighted by molar-refractivity contribution is -0.119. The molecule has 0 aliphatic carbocycles. The molecule has 1 aliphatic rings. The molecule has 6 nitrogen and oxygen atoms in total. The Morgan fingerprint density at radius 3 is 3.08 bits per heavy atom. The van der Waals surface area contributed by atoms with E-state index >= 15 is 0 Å². The minimum Gasteiger partial charge on any atom is -0.376 e. The lowest BCUT2D eigenvalue weighted by atomic mass is 10.2. The Labute approximate surface area is 150 Å². The molecule has 0 aromatic carbocycles. The monoisotopic (exact) mass is 366 g/mol. The molecule has 1 N–H and O–H groups in total. The maximum Gasteiger partial charge on any atom is 0.230 e. The van der Waals surface area contributed by atoms with Gasteiger partial charge in [0.1, 0.15) is 0 Å². The van der Waals surface area contributed by atoms with Crippen molar-refractivity contribution in [2.45, 2.75) is 50.5 Å². The molecule has 24 heavy (non-hydrogen) atoms. The van der Waals surface area contributed by atoms with Gasteiger partial charge in [-0.3, -0.25) is 9.36 Å². The SMILES string of the molecule is CC(C)NC(=O)CSc1nnc(-c2cccs2)n1CC1CCCO1. The van der Waals surface area contributed by atoms with Crippen LogP contribution in [0.4, 0.5) is 0 Å². The van der Waals surface area contributed by atoms with Gasteiger partial charge in [0.05, 0.1) is 23.3 Å². The fraction of sp³-hybridized carbons (Fsp3) is 0.562. The molecule has 1 unspecified atom stereocenters. The van der Waals surface area contributed by atoms with Crippen LogP contribution in [0.2, 0.25) is 0 Å². The Hall–Kier alpha value is -1.38. The Kier molecular flexibility index (Phi) is 5.91. The fourth-order valence-corrected chi connectivity index (χ4v) is 4.11. The summed E-state index contributed by atoms with van der Waals surface area (Å²) in [6, 6.07) is 4.19. The zero-order valence-electron chi connectivity index (χ0n) is 13.9. The van der Waals surface area contributed by atoms with Crippen molar-refractivity contribution in [1.29, 1.82) is 0 Å². The third kappa shape index (κ3) is 4.37. The molecule has 130 valence electrons. The van der Waals surface area contributed by atoms with Crippen molar-refractivity contribution in [3.05, 3.63) is 17.5 Å². The van der Waals surface area contributed by atoms with Crippen molar-refractivity contribution < 1.29 is 9.53 Å². The van der Waals surface area contributed by atoms with E-state index in [4.69, 9.17) is 4.74 Å². The number of hydrogen-bond acceptors (Lipinski definition) is 6. The summed E-state index contributed by atoms with van der Waals surface area (Å²) in [7, 11) is 0. The first-order valence-corrected chi connectivity index (χ1v) is 10.0. The van der Waals surface area contributed by atoms with Crippen LogP contribution in [0.15, 0.2) is 22.7 Å². The van der Waals surface area contributed by atoms with Crippen LogP contribution in [0.25, 0.3) is 10.7 Å². The molecular formula is C16H22N4O2S2. The van der Waals surface area contributed by atoms with E-state index in [-0.39, 0.29) is 18.1 Å². The Morgan fingerprint density at radius 1 is 1.54 bits per heavy atom. The van der Waals surface area contributed by atoms with Gasteiger partial charge in [0.2, 0.25) is 5.91 Å². The number of hydrogen-bond donors (Lipinski definition) is 1. The van der Waals surface area contributed by atoms with Crippen LogP contribution in [0.1, 0.15) is 26.7 Å². The molecule has 1 atom stereocenters. The predicted molar refractivity (Wildman–Crippen MR) is 96.3 cm³/mol. The fourth-order valence-electron chi connectivity index (χ4n) is 2.63. The maximum atomic E-state index is 11.9. The molecule has 2 aromatic heterocycles. The lowest BCUT2D eigenvalue weighted by Crippen LogP contribution is -2.31. The number of nitrogens with zero attached hydrogens (tertiary/aromatic N) is 3. The summed E-state index contributed by atoms with van der Waals surface area (Å²) in [5.74, 6) is 1.21. The number of aromatic nitrogens is 3. The summed E-state index contributed by atoms with van der Waals surface area (Å²) in [5.41, 5.74) is 0. The second-order valence-electron chi connectivity index (χ2n) is 6.04. The van der Waals surface area contributed by atoms with Gasteiger partial charge in [-0.1, -0.05) is 17.8 Å². The molecule has 8 heteroatoms. The van der Waals surface area contributed by atoms with Crippen molar-refractivity contribution in [2.24, 2.45) is 0 Å². The number of amides is 1. The number of ether oxygens (including phenoxy) is 1. The quantitative estimate of drug-likeness (QED) is 0.763. The van der Waals surface area contributed by atoms with Gasteiger partial charge in [-0.2, -0.15) is 0 Å². The van der Waals surface area contributed by atoms with Crippen molar-refractivity contribution >= 4 is 29.0 Å². The largest absolute Gasteiger partial charge is 0.376 e. The number of thioether (sulfide) groups is 1. The molecular weight excluding hydrogens is 344 g/mol.